The van der Waals surface area contributed by atoms with Gasteiger partial charge in [-0.1, -0.05) is 35.9 Å². The first-order chi connectivity index (χ1) is 8.58. The van der Waals surface area contributed by atoms with Crippen molar-refractivity contribution in [1.82, 2.24) is 0 Å². The van der Waals surface area contributed by atoms with Gasteiger partial charge in [0, 0.05) is 14.6 Å². The molecule has 1 unspecified atom stereocenters. The van der Waals surface area contributed by atoms with Crippen LogP contribution in [0.15, 0.2) is 42.5 Å². The molecule has 0 aliphatic heterocycles. The molecule has 0 aliphatic rings. The van der Waals surface area contributed by atoms with Crippen LogP contribution in [0.4, 0.5) is 4.39 Å². The molecule has 4 heteroatoms. The average Bonchev–Trinajstić information content (AvgIpc) is 2.33. The van der Waals surface area contributed by atoms with Gasteiger partial charge in [0.25, 0.3) is 0 Å². The summed E-state index contributed by atoms with van der Waals surface area (Å²) in [6.45, 7) is 0. The Kier molecular flexibility index (Phi) is 4.59. The maximum atomic E-state index is 13.0. The molecule has 0 radical (unpaired) electrons. The fraction of sp³-hybridized carbons (Fsp3) is 0.143. The van der Waals surface area contributed by atoms with Crippen molar-refractivity contribution in [2.24, 2.45) is 5.73 Å². The maximum Gasteiger partial charge on any atom is 0.124 e. The van der Waals surface area contributed by atoms with Gasteiger partial charge < -0.3 is 5.73 Å². The molecule has 0 aliphatic carbocycles. The Labute approximate surface area is 124 Å². The third-order valence-electron chi connectivity index (χ3n) is 2.76. The van der Waals surface area contributed by atoms with Crippen LogP contribution in [0, 0.1) is 9.39 Å². The number of rotatable bonds is 3. The van der Waals surface area contributed by atoms with Crippen molar-refractivity contribution in [3.8, 4) is 0 Å². The summed E-state index contributed by atoms with van der Waals surface area (Å²) in [4.78, 5) is 0. The Morgan fingerprint density at radius 2 is 1.94 bits per heavy atom. The van der Waals surface area contributed by atoms with Crippen LogP contribution >= 0.6 is 34.2 Å². The molecular formula is C14H12ClFIN. The Bertz CT molecular complexity index is 559. The lowest BCUT2D eigenvalue weighted by Crippen LogP contribution is -2.14. The first-order valence-corrected chi connectivity index (χ1v) is 6.97. The highest BCUT2D eigenvalue weighted by molar-refractivity contribution is 14.1. The predicted molar refractivity (Wildman–Crippen MR) is 81.2 cm³/mol. The fourth-order valence-corrected chi connectivity index (χ4v) is 2.84. The van der Waals surface area contributed by atoms with Crippen LogP contribution in [0.3, 0.4) is 0 Å². The van der Waals surface area contributed by atoms with E-state index in [0.29, 0.717) is 11.4 Å². The van der Waals surface area contributed by atoms with E-state index in [1.54, 1.807) is 6.07 Å². The molecule has 0 bridgehead atoms. The highest BCUT2D eigenvalue weighted by Gasteiger charge is 2.12. The van der Waals surface area contributed by atoms with E-state index in [0.717, 1.165) is 14.7 Å². The summed E-state index contributed by atoms with van der Waals surface area (Å²) in [5.74, 6) is -0.327. The number of halogens is 3. The molecule has 2 N–H and O–H groups in total. The second-order valence-corrected chi connectivity index (χ2v) is 5.64. The van der Waals surface area contributed by atoms with Crippen LogP contribution in [-0.4, -0.2) is 0 Å². The third kappa shape index (κ3) is 3.22. The van der Waals surface area contributed by atoms with Crippen molar-refractivity contribution in [2.75, 3.05) is 0 Å². The van der Waals surface area contributed by atoms with Crippen molar-refractivity contribution in [3.05, 3.63) is 68.0 Å². The van der Waals surface area contributed by atoms with Gasteiger partial charge in [-0.2, -0.15) is 0 Å². The van der Waals surface area contributed by atoms with Crippen molar-refractivity contribution in [2.45, 2.75) is 12.5 Å². The fourth-order valence-electron chi connectivity index (χ4n) is 1.81. The second kappa shape index (κ2) is 5.99. The van der Waals surface area contributed by atoms with E-state index in [1.807, 2.05) is 24.3 Å². The molecule has 0 fully saturated rings. The molecule has 1 atom stereocenters. The molecule has 0 aromatic heterocycles. The average molecular weight is 376 g/mol. The van der Waals surface area contributed by atoms with Gasteiger partial charge in [0.15, 0.2) is 0 Å². The Balaban J connectivity index is 2.21. The Morgan fingerprint density at radius 1 is 1.22 bits per heavy atom. The van der Waals surface area contributed by atoms with Crippen molar-refractivity contribution < 1.29 is 4.39 Å². The zero-order valence-electron chi connectivity index (χ0n) is 9.54. The smallest absolute Gasteiger partial charge is 0.124 e. The molecular weight excluding hydrogens is 364 g/mol. The minimum Gasteiger partial charge on any atom is -0.324 e. The summed E-state index contributed by atoms with van der Waals surface area (Å²) in [5.41, 5.74) is 8.13. The van der Waals surface area contributed by atoms with Gasteiger partial charge in [0.05, 0.1) is 0 Å². The van der Waals surface area contributed by atoms with Gasteiger partial charge in [0.1, 0.15) is 5.82 Å². The van der Waals surface area contributed by atoms with E-state index in [1.165, 1.54) is 12.1 Å². The molecule has 0 amide bonds. The molecule has 1 nitrogen and oxygen atoms in total. The molecule has 0 saturated carbocycles. The van der Waals surface area contributed by atoms with Gasteiger partial charge in [0.2, 0.25) is 0 Å². The van der Waals surface area contributed by atoms with Gasteiger partial charge >= 0.3 is 0 Å². The lowest BCUT2D eigenvalue weighted by atomic mass is 10.00. The third-order valence-corrected chi connectivity index (χ3v) is 4.09. The Morgan fingerprint density at radius 3 is 2.61 bits per heavy atom. The highest BCUT2D eigenvalue weighted by Crippen LogP contribution is 2.25. The van der Waals surface area contributed by atoms with Crippen molar-refractivity contribution in [3.63, 3.8) is 0 Å². The summed E-state index contributed by atoms with van der Waals surface area (Å²) in [6.07, 6.45) is 0.596. The van der Waals surface area contributed by atoms with Crippen molar-refractivity contribution >= 4 is 34.2 Å². The van der Waals surface area contributed by atoms with Crippen LogP contribution < -0.4 is 5.73 Å². The lowest BCUT2D eigenvalue weighted by Gasteiger charge is -2.14. The largest absolute Gasteiger partial charge is 0.324 e. The van der Waals surface area contributed by atoms with Gasteiger partial charge in [-0.15, -0.1) is 0 Å². The molecule has 0 heterocycles. The number of nitrogens with two attached hydrogens (primary N) is 1. The van der Waals surface area contributed by atoms with E-state index in [9.17, 15) is 4.39 Å². The van der Waals surface area contributed by atoms with E-state index in [2.05, 4.69) is 22.6 Å². The quantitative estimate of drug-likeness (QED) is 0.794. The monoisotopic (exact) mass is 375 g/mol. The first kappa shape index (κ1) is 13.8. The minimum absolute atomic E-state index is 0.138. The van der Waals surface area contributed by atoms with E-state index in [-0.39, 0.29) is 11.9 Å². The van der Waals surface area contributed by atoms with Crippen LogP contribution in [0.25, 0.3) is 0 Å². The SMILES string of the molecule is NC(Cc1ccc(F)cc1Cl)c1ccccc1I. The Hall–Kier alpha value is -0.650. The zero-order valence-corrected chi connectivity index (χ0v) is 12.5. The summed E-state index contributed by atoms with van der Waals surface area (Å²) < 4.78 is 14.1. The molecule has 0 saturated heterocycles. The topological polar surface area (TPSA) is 26.0 Å². The van der Waals surface area contributed by atoms with Crippen molar-refractivity contribution in [1.29, 1.82) is 0 Å². The predicted octanol–water partition coefficient (Wildman–Crippen LogP) is 4.33. The van der Waals surface area contributed by atoms with E-state index >= 15 is 0 Å². The van der Waals surface area contributed by atoms with Gasteiger partial charge in [-0.25, -0.2) is 4.39 Å². The highest BCUT2D eigenvalue weighted by atomic mass is 127. The first-order valence-electron chi connectivity index (χ1n) is 5.52. The van der Waals surface area contributed by atoms with Crippen LogP contribution in [0.2, 0.25) is 5.02 Å². The van der Waals surface area contributed by atoms with Crippen LogP contribution in [0.5, 0.6) is 0 Å². The molecule has 18 heavy (non-hydrogen) atoms. The molecule has 2 aromatic carbocycles. The molecule has 2 aromatic rings. The molecule has 2 rings (SSSR count). The summed E-state index contributed by atoms with van der Waals surface area (Å²) in [6, 6.07) is 12.2. The van der Waals surface area contributed by atoms with Crippen LogP contribution in [0.1, 0.15) is 17.2 Å². The minimum atomic E-state index is -0.327. The summed E-state index contributed by atoms with van der Waals surface area (Å²) >= 11 is 8.26. The summed E-state index contributed by atoms with van der Waals surface area (Å²) in [5, 5.41) is 0.427. The zero-order chi connectivity index (χ0) is 13.1. The lowest BCUT2D eigenvalue weighted by molar-refractivity contribution is 0.625. The molecule has 0 spiro atoms. The van der Waals surface area contributed by atoms with Crippen LogP contribution in [-0.2, 0) is 6.42 Å². The summed E-state index contributed by atoms with van der Waals surface area (Å²) in [7, 11) is 0. The maximum absolute atomic E-state index is 13.0. The second-order valence-electron chi connectivity index (χ2n) is 4.07. The van der Waals surface area contributed by atoms with E-state index in [4.69, 9.17) is 17.3 Å². The standard InChI is InChI=1S/C14H12ClFIN/c15-12-8-10(16)6-5-9(12)7-14(18)11-3-1-2-4-13(11)17/h1-6,8,14H,7,18H2. The van der Waals surface area contributed by atoms with Gasteiger partial charge in [-0.05, 0) is 58.3 Å². The number of hydrogen-bond acceptors (Lipinski definition) is 1. The molecule has 94 valence electrons. The van der Waals surface area contributed by atoms with E-state index < -0.39 is 0 Å². The normalized spacial score (nSPS) is 12.4. The number of benzene rings is 2. The van der Waals surface area contributed by atoms with Gasteiger partial charge in [-0.3, -0.25) is 0 Å². The number of hydrogen-bond donors (Lipinski definition) is 1.